The average Bonchev–Trinajstić information content (AvgIpc) is 3.11. The maximum absolute atomic E-state index is 10.3. The van der Waals surface area contributed by atoms with Crippen LogP contribution >= 0.6 is 0 Å². The maximum atomic E-state index is 10.3. The van der Waals surface area contributed by atoms with Gasteiger partial charge in [-0.2, -0.15) is 0 Å². The lowest BCUT2D eigenvalue weighted by Gasteiger charge is -2.02. The van der Waals surface area contributed by atoms with E-state index in [1.54, 1.807) is 0 Å². The quantitative estimate of drug-likeness (QED) is 0.0467. The van der Waals surface area contributed by atoms with E-state index in [0.29, 0.717) is 6.42 Å². The minimum Gasteiger partial charge on any atom is -0.481 e. The lowest BCUT2D eigenvalue weighted by molar-refractivity contribution is -0.137. The molecule has 0 aliphatic carbocycles. The maximum Gasteiger partial charge on any atom is 0.303 e. The summed E-state index contributed by atoms with van der Waals surface area (Å²) in [5, 5.41) is 129. The van der Waals surface area contributed by atoms with Gasteiger partial charge in [0.15, 0.2) is 0 Å². The van der Waals surface area contributed by atoms with Gasteiger partial charge < -0.3 is 81.7 Å². The number of hydrogen-bond acceptors (Lipinski definition) is 16. The Hall–Kier alpha value is -1.13. The van der Waals surface area contributed by atoms with Crippen LogP contribution in [0.25, 0.3) is 0 Å². The first-order valence-corrected chi connectivity index (χ1v) is 16.0. The summed E-state index contributed by atoms with van der Waals surface area (Å²) >= 11 is 0. The van der Waals surface area contributed by atoms with E-state index >= 15 is 0 Å². The number of carboxylic acid groups (broad SMARTS) is 1. The molecule has 292 valence electrons. The standard InChI is InChI=1S/C15H30O2.5C3H8O3/c1-2-3-4-5-6-7-8-9-10-11-12-13-14-15(16)17;5*4-1-3(6)2-5/h2-14H2,1H3,(H,16,17);5*3-6H,1-2H2. The van der Waals surface area contributed by atoms with Crippen molar-refractivity contribution >= 4 is 5.97 Å². The van der Waals surface area contributed by atoms with Gasteiger partial charge in [-0.25, -0.2) is 0 Å². The molecule has 0 fully saturated rings. The van der Waals surface area contributed by atoms with Crippen LogP contribution in [-0.2, 0) is 4.79 Å². The Bertz CT molecular complexity index is 443. The van der Waals surface area contributed by atoms with E-state index in [-0.39, 0.29) is 66.1 Å². The van der Waals surface area contributed by atoms with Crippen LogP contribution in [0.4, 0.5) is 0 Å². The topological polar surface area (TPSA) is 341 Å². The fourth-order valence-corrected chi connectivity index (χ4v) is 2.41. The SMILES string of the molecule is CCCCCCCCCCCCCCC(=O)O.OCC(O)CO.OCC(O)CO.OCC(O)CO.OCC(O)CO.OCC(O)CO. The molecule has 0 saturated carbocycles. The lowest BCUT2D eigenvalue weighted by Crippen LogP contribution is -2.15. The van der Waals surface area contributed by atoms with Gasteiger partial charge in [-0.1, -0.05) is 77.6 Å². The number of unbranched alkanes of at least 4 members (excludes halogenated alkanes) is 11. The molecule has 0 heterocycles. The van der Waals surface area contributed by atoms with Crippen molar-refractivity contribution in [2.24, 2.45) is 0 Å². The van der Waals surface area contributed by atoms with Gasteiger partial charge in [0.25, 0.3) is 0 Å². The average molecular weight is 703 g/mol. The molecule has 0 saturated heterocycles. The first-order chi connectivity index (χ1) is 22.3. The summed E-state index contributed by atoms with van der Waals surface area (Å²) in [6, 6.07) is 0. The third-order valence-electron chi connectivity index (χ3n) is 5.35. The predicted molar refractivity (Wildman–Crippen MR) is 174 cm³/mol. The van der Waals surface area contributed by atoms with Crippen molar-refractivity contribution in [1.29, 1.82) is 0 Å². The molecule has 0 atom stereocenters. The Morgan fingerprint density at radius 3 is 0.660 bits per heavy atom. The van der Waals surface area contributed by atoms with Crippen LogP contribution < -0.4 is 0 Å². The van der Waals surface area contributed by atoms with E-state index in [9.17, 15) is 4.79 Å². The van der Waals surface area contributed by atoms with Gasteiger partial charge in [-0.3, -0.25) is 4.79 Å². The molecule has 0 aliphatic heterocycles. The second-order valence-corrected chi connectivity index (χ2v) is 10.1. The number of aliphatic carboxylic acids is 1. The van der Waals surface area contributed by atoms with Gasteiger partial charge in [0, 0.05) is 6.42 Å². The first kappa shape index (κ1) is 58.1. The van der Waals surface area contributed by atoms with Crippen molar-refractivity contribution in [2.45, 2.75) is 121 Å². The molecular formula is C30H70O17. The zero-order valence-corrected chi connectivity index (χ0v) is 28.2. The van der Waals surface area contributed by atoms with Crippen LogP contribution in [0.2, 0.25) is 0 Å². The van der Waals surface area contributed by atoms with Crippen LogP contribution in [0.3, 0.4) is 0 Å². The summed E-state index contributed by atoms with van der Waals surface area (Å²) in [6.45, 7) is -1.39. The first-order valence-electron chi connectivity index (χ1n) is 16.0. The predicted octanol–water partition coefficient (Wildman–Crippen LogP) is -3.18. The minimum atomic E-state index is -0.954. The van der Waals surface area contributed by atoms with E-state index in [1.165, 1.54) is 64.2 Å². The summed E-state index contributed by atoms with van der Waals surface area (Å²) in [7, 11) is 0. The van der Waals surface area contributed by atoms with Gasteiger partial charge in [0.2, 0.25) is 0 Å². The zero-order chi connectivity index (χ0) is 37.7. The molecule has 0 amide bonds. The molecule has 47 heavy (non-hydrogen) atoms. The van der Waals surface area contributed by atoms with E-state index in [2.05, 4.69) is 6.92 Å². The highest BCUT2D eigenvalue weighted by Crippen LogP contribution is 2.12. The lowest BCUT2D eigenvalue weighted by atomic mass is 10.0. The highest BCUT2D eigenvalue weighted by Gasteiger charge is 1.98. The van der Waals surface area contributed by atoms with Crippen LogP contribution in [0.1, 0.15) is 90.4 Å². The smallest absolute Gasteiger partial charge is 0.303 e. The number of hydrogen-bond donors (Lipinski definition) is 16. The molecule has 0 aromatic heterocycles. The van der Waals surface area contributed by atoms with E-state index in [4.69, 9.17) is 81.7 Å². The second-order valence-electron chi connectivity index (χ2n) is 10.1. The third kappa shape index (κ3) is 76.3. The van der Waals surface area contributed by atoms with Gasteiger partial charge in [0.1, 0.15) is 30.5 Å². The molecule has 0 radical (unpaired) electrons. The van der Waals surface area contributed by atoms with Crippen molar-refractivity contribution in [3.05, 3.63) is 0 Å². The fourth-order valence-electron chi connectivity index (χ4n) is 2.41. The molecule has 0 unspecified atom stereocenters. The molecule has 0 aromatic carbocycles. The van der Waals surface area contributed by atoms with Gasteiger partial charge in [-0.05, 0) is 6.42 Å². The molecule has 0 aromatic rings. The molecule has 0 bridgehead atoms. The minimum absolute atomic E-state index is 0.345. The van der Waals surface area contributed by atoms with Crippen LogP contribution in [-0.4, -0.2) is 184 Å². The summed E-state index contributed by atoms with van der Waals surface area (Å²) in [4.78, 5) is 10.3. The van der Waals surface area contributed by atoms with Crippen LogP contribution in [0, 0.1) is 0 Å². The number of carbonyl (C=O) groups is 1. The number of aliphatic hydroxyl groups is 15. The van der Waals surface area contributed by atoms with E-state index in [0.717, 1.165) is 12.8 Å². The third-order valence-corrected chi connectivity index (χ3v) is 5.35. The molecular weight excluding hydrogens is 632 g/mol. The van der Waals surface area contributed by atoms with Crippen LogP contribution in [0.5, 0.6) is 0 Å². The van der Waals surface area contributed by atoms with Crippen molar-refractivity contribution in [3.63, 3.8) is 0 Å². The Morgan fingerprint density at radius 2 is 0.532 bits per heavy atom. The molecule has 0 rings (SSSR count). The highest BCUT2D eigenvalue weighted by atomic mass is 16.4. The van der Waals surface area contributed by atoms with Gasteiger partial charge >= 0.3 is 5.97 Å². The molecule has 17 heteroatoms. The zero-order valence-electron chi connectivity index (χ0n) is 28.2. The molecule has 0 spiro atoms. The molecule has 16 N–H and O–H groups in total. The van der Waals surface area contributed by atoms with Crippen molar-refractivity contribution in [3.8, 4) is 0 Å². The largest absolute Gasteiger partial charge is 0.481 e. The van der Waals surface area contributed by atoms with Crippen molar-refractivity contribution in [1.82, 2.24) is 0 Å². The van der Waals surface area contributed by atoms with Gasteiger partial charge in [-0.15, -0.1) is 0 Å². The Balaban J connectivity index is -0.000000117. The van der Waals surface area contributed by atoms with Crippen molar-refractivity contribution in [2.75, 3.05) is 66.1 Å². The summed E-state index contributed by atoms with van der Waals surface area (Å²) in [5.74, 6) is -0.655. The summed E-state index contributed by atoms with van der Waals surface area (Å²) in [6.07, 6.45) is 11.0. The van der Waals surface area contributed by atoms with E-state index in [1.807, 2.05) is 0 Å². The monoisotopic (exact) mass is 702 g/mol. The molecule has 0 aliphatic rings. The normalized spacial score (nSPS) is 10.2. The van der Waals surface area contributed by atoms with Gasteiger partial charge in [0.05, 0.1) is 66.1 Å². The summed E-state index contributed by atoms with van der Waals surface area (Å²) < 4.78 is 0. The number of carboxylic acids is 1. The Labute approximate surface area is 279 Å². The Morgan fingerprint density at radius 1 is 0.362 bits per heavy atom. The van der Waals surface area contributed by atoms with Crippen LogP contribution in [0.15, 0.2) is 0 Å². The Kier molecular flexibility index (Phi) is 67.2. The highest BCUT2D eigenvalue weighted by molar-refractivity contribution is 5.66. The molecule has 17 nitrogen and oxygen atoms in total. The van der Waals surface area contributed by atoms with Crippen molar-refractivity contribution < 1.29 is 86.5 Å². The fraction of sp³-hybridized carbons (Fsp3) is 0.967. The summed E-state index contributed by atoms with van der Waals surface area (Å²) in [5.41, 5.74) is 0. The number of aliphatic hydroxyl groups excluding tert-OH is 15. The second kappa shape index (κ2) is 54.3. The number of rotatable bonds is 23. The van der Waals surface area contributed by atoms with E-state index < -0.39 is 36.5 Å².